The van der Waals surface area contributed by atoms with Gasteiger partial charge >= 0.3 is 0 Å². The summed E-state index contributed by atoms with van der Waals surface area (Å²) in [6.07, 6.45) is 5.11. The van der Waals surface area contributed by atoms with E-state index < -0.39 is 0 Å². The predicted octanol–water partition coefficient (Wildman–Crippen LogP) is 3.97. The molecule has 2 aliphatic heterocycles. The van der Waals surface area contributed by atoms with E-state index in [0.717, 1.165) is 84.6 Å². The number of likely N-dealkylation sites (tertiary alicyclic amines) is 1. The first-order chi connectivity index (χ1) is 17.8. The van der Waals surface area contributed by atoms with Crippen LogP contribution < -0.4 is 9.64 Å². The number of aromatic nitrogens is 2. The van der Waals surface area contributed by atoms with Crippen molar-refractivity contribution in [3.8, 4) is 22.9 Å². The lowest BCUT2D eigenvalue weighted by Crippen LogP contribution is -2.59. The third kappa shape index (κ3) is 4.67. The van der Waals surface area contributed by atoms with Gasteiger partial charge in [0.25, 0.3) is 0 Å². The summed E-state index contributed by atoms with van der Waals surface area (Å²) >= 11 is 0. The largest absolute Gasteiger partial charge is 0.493 e. The number of nitrogens with zero attached hydrogens (tertiary/aromatic N) is 5. The van der Waals surface area contributed by atoms with E-state index in [1.165, 1.54) is 6.08 Å². The number of rotatable bonds is 8. The molecule has 2 fully saturated rings. The molecule has 37 heavy (non-hydrogen) atoms. The summed E-state index contributed by atoms with van der Waals surface area (Å²) in [4.78, 5) is 18.3. The fourth-order valence-corrected chi connectivity index (χ4v) is 5.75. The van der Waals surface area contributed by atoms with Crippen molar-refractivity contribution in [2.24, 2.45) is 5.41 Å². The molecule has 192 valence electrons. The Kier molecular flexibility index (Phi) is 6.65. The van der Waals surface area contributed by atoms with Gasteiger partial charge in [-0.3, -0.25) is 9.89 Å². The van der Waals surface area contributed by atoms with Gasteiger partial charge in [0.15, 0.2) is 0 Å². The van der Waals surface area contributed by atoms with Gasteiger partial charge in [0.1, 0.15) is 11.8 Å². The number of ether oxygens (including phenoxy) is 1. The Morgan fingerprint density at radius 2 is 2.14 bits per heavy atom. The SMILES string of the molecule is C=CC(=O)N1CC2(CCN(c3cc(OCCCN(C)C)cc(-c4c(C)ccc5[nH]ncc45)c3C#N)C2)C1. The monoisotopic (exact) mass is 498 g/mol. The second-order valence-corrected chi connectivity index (χ2v) is 10.6. The van der Waals surface area contributed by atoms with Crippen molar-refractivity contribution in [2.45, 2.75) is 19.8 Å². The number of amides is 1. The fraction of sp³-hybridized carbons (Fsp3) is 0.414. The second-order valence-electron chi connectivity index (χ2n) is 10.6. The third-order valence-electron chi connectivity index (χ3n) is 7.64. The molecular formula is C29H34N6O2. The van der Waals surface area contributed by atoms with Crippen molar-refractivity contribution in [3.63, 3.8) is 0 Å². The van der Waals surface area contributed by atoms with Crippen molar-refractivity contribution >= 4 is 22.5 Å². The van der Waals surface area contributed by atoms with Gasteiger partial charge in [-0.25, -0.2) is 0 Å². The van der Waals surface area contributed by atoms with Gasteiger partial charge in [-0.15, -0.1) is 0 Å². The number of hydrogen-bond acceptors (Lipinski definition) is 6. The smallest absolute Gasteiger partial charge is 0.245 e. The van der Waals surface area contributed by atoms with Gasteiger partial charge in [-0.1, -0.05) is 12.6 Å². The number of nitrogens with one attached hydrogen (secondary N) is 1. The molecule has 2 aromatic carbocycles. The van der Waals surface area contributed by atoms with Crippen LogP contribution in [0.25, 0.3) is 22.0 Å². The predicted molar refractivity (Wildman–Crippen MR) is 146 cm³/mol. The number of H-pyrrole nitrogens is 1. The number of carbonyl (C=O) groups is 1. The molecule has 0 radical (unpaired) electrons. The molecule has 0 atom stereocenters. The number of benzene rings is 2. The molecule has 3 heterocycles. The van der Waals surface area contributed by atoms with Gasteiger partial charge in [0, 0.05) is 55.2 Å². The number of aromatic amines is 1. The third-order valence-corrected chi connectivity index (χ3v) is 7.64. The number of fused-ring (bicyclic) bond motifs is 1. The summed E-state index contributed by atoms with van der Waals surface area (Å²) in [5.74, 6) is 0.751. The molecule has 1 N–H and O–H groups in total. The molecule has 1 spiro atoms. The van der Waals surface area contributed by atoms with Crippen molar-refractivity contribution in [3.05, 3.63) is 54.2 Å². The Labute approximate surface area is 218 Å². The lowest BCUT2D eigenvalue weighted by Gasteiger charge is -2.47. The number of aryl methyl sites for hydroxylation is 1. The summed E-state index contributed by atoms with van der Waals surface area (Å²) < 4.78 is 6.26. The van der Waals surface area contributed by atoms with E-state index in [1.54, 1.807) is 0 Å². The maximum Gasteiger partial charge on any atom is 0.245 e. The molecule has 1 amide bonds. The van der Waals surface area contributed by atoms with Gasteiger partial charge < -0.3 is 19.4 Å². The Bertz CT molecular complexity index is 1380. The highest BCUT2D eigenvalue weighted by Crippen LogP contribution is 2.45. The molecular weight excluding hydrogens is 464 g/mol. The second kappa shape index (κ2) is 9.91. The summed E-state index contributed by atoms with van der Waals surface area (Å²) in [6.45, 7) is 10.3. The van der Waals surface area contributed by atoms with Crippen LogP contribution >= 0.6 is 0 Å². The van der Waals surface area contributed by atoms with Crippen molar-refractivity contribution < 1.29 is 9.53 Å². The van der Waals surface area contributed by atoms with E-state index in [0.29, 0.717) is 12.2 Å². The summed E-state index contributed by atoms with van der Waals surface area (Å²) in [5.41, 5.74) is 5.49. The fourth-order valence-electron chi connectivity index (χ4n) is 5.75. The Morgan fingerprint density at radius 1 is 1.32 bits per heavy atom. The minimum absolute atomic E-state index is 0.0131. The maximum absolute atomic E-state index is 12.0. The Hall–Kier alpha value is -3.83. The highest BCUT2D eigenvalue weighted by atomic mass is 16.5. The topological polar surface area (TPSA) is 88.5 Å². The van der Waals surface area contributed by atoms with Crippen LogP contribution in [0.1, 0.15) is 24.0 Å². The summed E-state index contributed by atoms with van der Waals surface area (Å²) in [7, 11) is 4.11. The zero-order valence-corrected chi connectivity index (χ0v) is 21.9. The molecule has 8 nitrogen and oxygen atoms in total. The highest BCUT2D eigenvalue weighted by Gasteiger charge is 2.49. The average Bonchev–Trinajstić information content (AvgIpc) is 3.52. The molecule has 1 aromatic heterocycles. The van der Waals surface area contributed by atoms with Crippen LogP contribution in [-0.4, -0.2) is 79.3 Å². The standard InChI is InChI=1S/C29H34N6O2/c1-5-27(36)35-18-29(19-35)9-11-34(17-29)26-14-21(37-12-6-10-33(3)4)13-22(23(26)15-30)28-20(2)7-8-25-24(28)16-31-32-25/h5,7-8,13-14,16H,1,6,9-12,17-19H2,2-4H3,(H,31,32). The minimum Gasteiger partial charge on any atom is -0.493 e. The van der Waals surface area contributed by atoms with E-state index in [2.05, 4.69) is 59.7 Å². The first-order valence-corrected chi connectivity index (χ1v) is 12.8. The quantitative estimate of drug-likeness (QED) is 0.374. The van der Waals surface area contributed by atoms with Crippen LogP contribution in [0.4, 0.5) is 5.69 Å². The van der Waals surface area contributed by atoms with Crippen LogP contribution in [0.15, 0.2) is 43.1 Å². The van der Waals surface area contributed by atoms with Crippen LogP contribution in [0.3, 0.4) is 0 Å². The van der Waals surface area contributed by atoms with Crippen LogP contribution in [0.2, 0.25) is 0 Å². The number of carbonyl (C=O) groups excluding carboxylic acids is 1. The van der Waals surface area contributed by atoms with Gasteiger partial charge in [-0.2, -0.15) is 10.4 Å². The average molecular weight is 499 g/mol. The molecule has 2 aliphatic rings. The van der Waals surface area contributed by atoms with Crippen LogP contribution in [0.5, 0.6) is 5.75 Å². The molecule has 0 aliphatic carbocycles. The molecule has 3 aromatic rings. The molecule has 0 bridgehead atoms. The molecule has 0 unspecified atom stereocenters. The van der Waals surface area contributed by atoms with Gasteiger partial charge in [0.05, 0.1) is 29.6 Å². The zero-order valence-electron chi connectivity index (χ0n) is 21.9. The lowest BCUT2D eigenvalue weighted by atomic mass is 9.79. The van der Waals surface area contributed by atoms with Crippen molar-refractivity contribution in [1.29, 1.82) is 5.26 Å². The first kappa shape index (κ1) is 24.8. The maximum atomic E-state index is 12.0. The normalized spacial score (nSPS) is 16.3. The minimum atomic E-state index is -0.0131. The molecule has 0 saturated carbocycles. The molecule has 8 heteroatoms. The molecule has 2 saturated heterocycles. The first-order valence-electron chi connectivity index (χ1n) is 12.8. The van der Waals surface area contributed by atoms with Gasteiger partial charge in [0.2, 0.25) is 5.91 Å². The van der Waals surface area contributed by atoms with Crippen molar-refractivity contribution in [1.82, 2.24) is 20.0 Å². The van der Waals surface area contributed by atoms with Crippen molar-refractivity contribution in [2.75, 3.05) is 58.3 Å². The summed E-state index contributed by atoms with van der Waals surface area (Å²) in [6, 6.07) is 10.6. The highest BCUT2D eigenvalue weighted by molar-refractivity contribution is 5.99. The van der Waals surface area contributed by atoms with E-state index in [9.17, 15) is 10.1 Å². The van der Waals surface area contributed by atoms with E-state index in [4.69, 9.17) is 4.74 Å². The van der Waals surface area contributed by atoms with E-state index in [1.807, 2.05) is 29.3 Å². The summed E-state index contributed by atoms with van der Waals surface area (Å²) in [5, 5.41) is 18.7. The number of anilines is 1. The van der Waals surface area contributed by atoms with E-state index in [-0.39, 0.29) is 11.3 Å². The Morgan fingerprint density at radius 3 is 2.86 bits per heavy atom. The number of nitriles is 1. The van der Waals surface area contributed by atoms with Crippen LogP contribution in [0, 0.1) is 23.7 Å². The Balaban J connectivity index is 1.53. The number of hydrogen-bond donors (Lipinski definition) is 1. The lowest BCUT2D eigenvalue weighted by molar-refractivity contribution is -0.136. The molecule has 5 rings (SSSR count). The van der Waals surface area contributed by atoms with Crippen LogP contribution in [-0.2, 0) is 4.79 Å². The van der Waals surface area contributed by atoms with Gasteiger partial charge in [-0.05, 0) is 63.2 Å². The zero-order chi connectivity index (χ0) is 26.2. The van der Waals surface area contributed by atoms with E-state index >= 15 is 0 Å².